The third-order valence-electron chi connectivity index (χ3n) is 5.64. The van der Waals surface area contributed by atoms with E-state index in [1.165, 1.54) is 15.5 Å². The molecule has 1 fully saturated rings. The lowest BCUT2D eigenvalue weighted by Crippen LogP contribution is -2.55. The number of likely N-dealkylation sites (tertiary alicyclic amines) is 1. The highest BCUT2D eigenvalue weighted by Gasteiger charge is 2.56. The molecule has 1 saturated heterocycles. The lowest BCUT2D eigenvalue weighted by molar-refractivity contribution is 0.0618. The average Bonchev–Trinajstić information content (AvgIpc) is 2.93. The molecule has 1 N–H and O–H groups in total. The average molecular weight is 402 g/mol. The van der Waals surface area contributed by atoms with Crippen molar-refractivity contribution in [2.24, 2.45) is 0 Å². The van der Waals surface area contributed by atoms with E-state index in [1.807, 2.05) is 36.4 Å². The molecule has 2 aromatic carbocycles. The number of fused-ring (bicyclic) bond motifs is 2. The SMILES string of the molecule is CS(=O)(=O)N1c2ccccc2C2(CCN(C(=O)O)CC2)C1Oc1ccccc1. The van der Waals surface area contributed by atoms with Crippen LogP contribution in [0.25, 0.3) is 0 Å². The maximum atomic E-state index is 12.7. The van der Waals surface area contributed by atoms with E-state index in [4.69, 9.17) is 4.74 Å². The van der Waals surface area contributed by atoms with Crippen LogP contribution in [0.3, 0.4) is 0 Å². The number of carbonyl (C=O) groups is 1. The van der Waals surface area contributed by atoms with Crippen molar-refractivity contribution in [2.75, 3.05) is 23.7 Å². The number of amides is 1. The van der Waals surface area contributed by atoms with Crippen molar-refractivity contribution in [1.82, 2.24) is 4.90 Å². The van der Waals surface area contributed by atoms with E-state index in [1.54, 1.807) is 18.2 Å². The van der Waals surface area contributed by atoms with Crippen LogP contribution in [0, 0.1) is 0 Å². The Morgan fingerprint density at radius 1 is 1.07 bits per heavy atom. The first kappa shape index (κ1) is 18.6. The molecular weight excluding hydrogens is 380 g/mol. The molecule has 1 unspecified atom stereocenters. The number of nitrogens with zero attached hydrogens (tertiary/aromatic N) is 2. The molecule has 0 aliphatic carbocycles. The van der Waals surface area contributed by atoms with Crippen molar-refractivity contribution in [1.29, 1.82) is 0 Å². The lowest BCUT2D eigenvalue weighted by atomic mass is 9.73. The summed E-state index contributed by atoms with van der Waals surface area (Å²) in [6.07, 6.45) is 0.427. The zero-order chi connectivity index (χ0) is 19.9. The van der Waals surface area contributed by atoms with Gasteiger partial charge >= 0.3 is 6.09 Å². The topological polar surface area (TPSA) is 87.2 Å². The van der Waals surface area contributed by atoms with Crippen molar-refractivity contribution in [3.63, 3.8) is 0 Å². The van der Waals surface area contributed by atoms with E-state index in [-0.39, 0.29) is 0 Å². The molecule has 148 valence electrons. The van der Waals surface area contributed by atoms with Gasteiger partial charge in [0, 0.05) is 13.1 Å². The van der Waals surface area contributed by atoms with E-state index in [0.29, 0.717) is 37.4 Å². The quantitative estimate of drug-likeness (QED) is 0.853. The molecule has 1 amide bonds. The molecule has 2 aromatic rings. The second-order valence-electron chi connectivity index (χ2n) is 7.28. The number of sulfonamides is 1. The number of para-hydroxylation sites is 2. The number of piperidine rings is 1. The summed E-state index contributed by atoms with van der Waals surface area (Å²) in [6.45, 7) is 0.659. The number of carboxylic acid groups (broad SMARTS) is 1. The highest BCUT2D eigenvalue weighted by Crippen LogP contribution is 2.52. The number of anilines is 1. The van der Waals surface area contributed by atoms with Gasteiger partial charge in [-0.3, -0.25) is 0 Å². The first-order valence-corrected chi connectivity index (χ1v) is 11.0. The van der Waals surface area contributed by atoms with Gasteiger partial charge in [-0.25, -0.2) is 17.5 Å². The minimum Gasteiger partial charge on any atom is -0.469 e. The predicted octanol–water partition coefficient (Wildman–Crippen LogP) is 2.88. The van der Waals surface area contributed by atoms with Crippen molar-refractivity contribution < 1.29 is 23.1 Å². The van der Waals surface area contributed by atoms with Crippen LogP contribution in [0.2, 0.25) is 0 Å². The van der Waals surface area contributed by atoms with E-state index in [9.17, 15) is 18.3 Å². The van der Waals surface area contributed by atoms with Crippen LogP contribution in [0.4, 0.5) is 10.5 Å². The first-order chi connectivity index (χ1) is 13.3. The van der Waals surface area contributed by atoms with Crippen LogP contribution in [0.5, 0.6) is 5.75 Å². The fourth-order valence-electron chi connectivity index (χ4n) is 4.33. The fraction of sp³-hybridized carbons (Fsp3) is 0.350. The third kappa shape index (κ3) is 2.97. The Labute approximate surface area is 164 Å². The van der Waals surface area contributed by atoms with Gasteiger partial charge in [-0.1, -0.05) is 36.4 Å². The van der Waals surface area contributed by atoms with Gasteiger partial charge < -0.3 is 14.7 Å². The lowest BCUT2D eigenvalue weighted by Gasteiger charge is -2.43. The van der Waals surface area contributed by atoms with E-state index in [2.05, 4.69) is 0 Å². The number of rotatable bonds is 3. The Hall–Kier alpha value is -2.74. The summed E-state index contributed by atoms with van der Waals surface area (Å²) in [5.41, 5.74) is 0.891. The van der Waals surface area contributed by atoms with Crippen LogP contribution in [-0.2, 0) is 15.4 Å². The molecule has 8 heteroatoms. The maximum absolute atomic E-state index is 12.7. The van der Waals surface area contributed by atoms with Crippen molar-refractivity contribution in [2.45, 2.75) is 24.5 Å². The van der Waals surface area contributed by atoms with Gasteiger partial charge in [-0.15, -0.1) is 0 Å². The molecule has 1 atom stereocenters. The second-order valence-corrected chi connectivity index (χ2v) is 9.14. The molecule has 2 aliphatic heterocycles. The van der Waals surface area contributed by atoms with Gasteiger partial charge in [0.1, 0.15) is 5.75 Å². The van der Waals surface area contributed by atoms with Gasteiger partial charge in [-0.05, 0) is 36.6 Å². The Balaban J connectivity index is 1.82. The minimum atomic E-state index is -3.61. The Kier molecular flexibility index (Phi) is 4.45. The standard InChI is InChI=1S/C20H22N2O5S/c1-28(25,26)22-17-10-6-5-9-16(17)20(11-13-21(14-12-20)19(23)24)18(22)27-15-7-3-2-4-8-15/h2-10,18H,11-14H2,1H3,(H,23,24). The molecule has 7 nitrogen and oxygen atoms in total. The number of hydrogen-bond donors (Lipinski definition) is 1. The van der Waals surface area contributed by atoms with E-state index in [0.717, 1.165) is 5.56 Å². The molecule has 1 spiro atoms. The van der Waals surface area contributed by atoms with Gasteiger partial charge in [0.2, 0.25) is 10.0 Å². The summed E-state index contributed by atoms with van der Waals surface area (Å²) in [6, 6.07) is 16.5. The predicted molar refractivity (Wildman–Crippen MR) is 105 cm³/mol. The molecule has 0 aromatic heterocycles. The normalized spacial score (nSPS) is 20.8. The fourth-order valence-corrected chi connectivity index (χ4v) is 5.43. The highest BCUT2D eigenvalue weighted by molar-refractivity contribution is 7.92. The third-order valence-corrected chi connectivity index (χ3v) is 6.74. The van der Waals surface area contributed by atoms with Crippen molar-refractivity contribution in [3.8, 4) is 5.75 Å². The molecule has 2 heterocycles. The number of ether oxygens (including phenoxy) is 1. The van der Waals surface area contributed by atoms with E-state index < -0.39 is 27.8 Å². The summed E-state index contributed by atoms with van der Waals surface area (Å²) in [4.78, 5) is 12.8. The molecule has 0 saturated carbocycles. The van der Waals surface area contributed by atoms with Crippen LogP contribution in [0.15, 0.2) is 54.6 Å². The summed E-state index contributed by atoms with van der Waals surface area (Å²) < 4.78 is 33.1. The Morgan fingerprint density at radius 3 is 2.29 bits per heavy atom. The van der Waals surface area contributed by atoms with Gasteiger partial charge in [0.25, 0.3) is 0 Å². The maximum Gasteiger partial charge on any atom is 0.407 e. The van der Waals surface area contributed by atoms with Crippen LogP contribution >= 0.6 is 0 Å². The van der Waals surface area contributed by atoms with E-state index >= 15 is 0 Å². The Bertz CT molecular complexity index is 985. The zero-order valence-corrected chi connectivity index (χ0v) is 16.3. The number of benzene rings is 2. The molecule has 28 heavy (non-hydrogen) atoms. The summed E-state index contributed by atoms with van der Waals surface area (Å²) in [5.74, 6) is 0.578. The first-order valence-electron chi connectivity index (χ1n) is 9.11. The van der Waals surface area contributed by atoms with Gasteiger partial charge in [-0.2, -0.15) is 0 Å². The summed E-state index contributed by atoms with van der Waals surface area (Å²) in [5, 5.41) is 9.34. The zero-order valence-electron chi connectivity index (χ0n) is 15.5. The van der Waals surface area contributed by atoms with Crippen molar-refractivity contribution >= 4 is 21.8 Å². The monoisotopic (exact) mass is 402 g/mol. The van der Waals surface area contributed by atoms with Crippen LogP contribution in [0.1, 0.15) is 18.4 Å². The second kappa shape index (κ2) is 6.70. The minimum absolute atomic E-state index is 0.329. The van der Waals surface area contributed by atoms with Crippen LogP contribution < -0.4 is 9.04 Å². The highest BCUT2D eigenvalue weighted by atomic mass is 32.2. The molecule has 2 aliphatic rings. The van der Waals surface area contributed by atoms with Gasteiger partial charge in [0.05, 0.1) is 17.4 Å². The Morgan fingerprint density at radius 2 is 1.68 bits per heavy atom. The molecular formula is C20H22N2O5S. The molecule has 4 rings (SSSR count). The van der Waals surface area contributed by atoms with Crippen LogP contribution in [-0.4, -0.2) is 50.1 Å². The number of hydrogen-bond acceptors (Lipinski definition) is 4. The largest absolute Gasteiger partial charge is 0.469 e. The van der Waals surface area contributed by atoms with Gasteiger partial charge in [0.15, 0.2) is 6.23 Å². The smallest absolute Gasteiger partial charge is 0.407 e. The molecule has 0 bridgehead atoms. The summed E-state index contributed by atoms with van der Waals surface area (Å²) >= 11 is 0. The van der Waals surface area contributed by atoms with Crippen molar-refractivity contribution in [3.05, 3.63) is 60.2 Å². The molecule has 0 radical (unpaired) electrons. The summed E-state index contributed by atoms with van der Waals surface area (Å²) in [7, 11) is -3.61.